The normalized spacial score (nSPS) is 10.6. The molecule has 3 heteroatoms. The summed E-state index contributed by atoms with van der Waals surface area (Å²) in [7, 11) is 1.65. The molecule has 2 rings (SSSR count). The Hall–Kier alpha value is -1.35. The molecule has 1 aromatic heterocycles. The largest absolute Gasteiger partial charge is 0.497 e. The van der Waals surface area contributed by atoms with Crippen LogP contribution in [0.3, 0.4) is 0 Å². The van der Waals surface area contributed by atoms with E-state index in [-0.39, 0.29) is 5.78 Å². The molecular formula is C12H12O2S. The number of thiophene rings is 1. The fourth-order valence-electron chi connectivity index (χ4n) is 1.67. The third-order valence-electron chi connectivity index (χ3n) is 2.47. The van der Waals surface area contributed by atoms with Crippen molar-refractivity contribution in [3.05, 3.63) is 28.6 Å². The number of carbonyl (C=O) groups excluding carboxylic acids is 1. The second-order valence-corrected chi connectivity index (χ2v) is 4.53. The van der Waals surface area contributed by atoms with Crippen molar-refractivity contribution >= 4 is 27.2 Å². The molecule has 0 bridgehead atoms. The highest BCUT2D eigenvalue weighted by Gasteiger charge is 2.11. The molecule has 0 aliphatic heterocycles. The first kappa shape index (κ1) is 10.2. The summed E-state index contributed by atoms with van der Waals surface area (Å²) in [5, 5.41) is 1.14. The molecular weight excluding hydrogens is 208 g/mol. The minimum Gasteiger partial charge on any atom is -0.497 e. The molecule has 2 nitrogen and oxygen atoms in total. The van der Waals surface area contributed by atoms with Gasteiger partial charge in [-0.15, -0.1) is 11.3 Å². The van der Waals surface area contributed by atoms with Gasteiger partial charge in [0, 0.05) is 4.70 Å². The molecule has 15 heavy (non-hydrogen) atoms. The highest BCUT2D eigenvalue weighted by molar-refractivity contribution is 7.21. The second-order valence-electron chi connectivity index (χ2n) is 3.47. The molecule has 0 fully saturated rings. The first-order valence-electron chi connectivity index (χ1n) is 4.71. The molecule has 0 aliphatic carbocycles. The van der Waals surface area contributed by atoms with Crippen molar-refractivity contribution in [1.82, 2.24) is 0 Å². The maximum Gasteiger partial charge on any atom is 0.170 e. The van der Waals surface area contributed by atoms with Crippen molar-refractivity contribution in [1.29, 1.82) is 0 Å². The number of benzene rings is 1. The van der Waals surface area contributed by atoms with Gasteiger partial charge in [-0.1, -0.05) is 0 Å². The SMILES string of the molecule is COc1ccc2c(C)c(C(C)=O)sc2c1. The summed E-state index contributed by atoms with van der Waals surface area (Å²) < 4.78 is 6.26. The zero-order valence-corrected chi connectivity index (χ0v) is 9.77. The number of ether oxygens (including phenoxy) is 1. The number of methoxy groups -OCH3 is 1. The summed E-state index contributed by atoms with van der Waals surface area (Å²) >= 11 is 1.53. The number of fused-ring (bicyclic) bond motifs is 1. The predicted molar refractivity (Wildman–Crippen MR) is 63.1 cm³/mol. The predicted octanol–water partition coefficient (Wildman–Crippen LogP) is 3.42. The minimum atomic E-state index is 0.132. The molecule has 0 saturated carbocycles. The number of Topliss-reactive ketones (excluding diaryl/α,β-unsaturated/α-hetero) is 1. The molecule has 0 unspecified atom stereocenters. The first-order valence-corrected chi connectivity index (χ1v) is 5.53. The van der Waals surface area contributed by atoms with E-state index >= 15 is 0 Å². The average Bonchev–Trinajstić information content (AvgIpc) is 2.55. The molecule has 1 heterocycles. The number of aryl methyl sites for hydroxylation is 1. The molecule has 0 N–H and O–H groups in total. The van der Waals surface area contributed by atoms with Crippen molar-refractivity contribution < 1.29 is 9.53 Å². The van der Waals surface area contributed by atoms with E-state index in [2.05, 4.69) is 0 Å². The lowest BCUT2D eigenvalue weighted by atomic mass is 10.1. The summed E-state index contributed by atoms with van der Waals surface area (Å²) in [5.41, 5.74) is 1.07. The van der Waals surface area contributed by atoms with Crippen molar-refractivity contribution in [2.24, 2.45) is 0 Å². The molecule has 0 aliphatic rings. The first-order chi connectivity index (χ1) is 7.13. The minimum absolute atomic E-state index is 0.132. The number of hydrogen-bond donors (Lipinski definition) is 0. The third-order valence-corrected chi connectivity index (χ3v) is 3.82. The second kappa shape index (κ2) is 3.66. The van der Waals surface area contributed by atoms with Crippen LogP contribution < -0.4 is 4.74 Å². The van der Waals surface area contributed by atoms with Crippen LogP contribution >= 0.6 is 11.3 Å². The van der Waals surface area contributed by atoms with Crippen LogP contribution in [-0.2, 0) is 0 Å². The number of rotatable bonds is 2. The quantitative estimate of drug-likeness (QED) is 0.725. The summed E-state index contributed by atoms with van der Waals surface area (Å²) in [5.74, 6) is 0.964. The Balaban J connectivity index is 2.70. The molecule has 2 aromatic rings. The number of hydrogen-bond acceptors (Lipinski definition) is 3. The number of carbonyl (C=O) groups is 1. The van der Waals surface area contributed by atoms with E-state index in [0.717, 1.165) is 26.3 Å². The van der Waals surface area contributed by atoms with Gasteiger partial charge in [0.1, 0.15) is 5.75 Å². The Morgan fingerprint density at radius 1 is 1.40 bits per heavy atom. The fraction of sp³-hybridized carbons (Fsp3) is 0.250. The molecule has 78 valence electrons. The summed E-state index contributed by atoms with van der Waals surface area (Å²) in [6, 6.07) is 5.90. The van der Waals surface area contributed by atoms with Crippen molar-refractivity contribution in [2.75, 3.05) is 7.11 Å². The highest BCUT2D eigenvalue weighted by atomic mass is 32.1. The van der Waals surface area contributed by atoms with Crippen LogP contribution in [0.2, 0.25) is 0 Å². The Labute approximate surface area is 92.5 Å². The van der Waals surface area contributed by atoms with Crippen LogP contribution in [-0.4, -0.2) is 12.9 Å². The Morgan fingerprint density at radius 3 is 2.73 bits per heavy atom. The van der Waals surface area contributed by atoms with Crippen molar-refractivity contribution in [3.63, 3.8) is 0 Å². The van der Waals surface area contributed by atoms with E-state index in [9.17, 15) is 4.79 Å². The van der Waals surface area contributed by atoms with Gasteiger partial charge in [0.15, 0.2) is 5.78 Å². The maximum atomic E-state index is 11.4. The Kier molecular flexibility index (Phi) is 2.49. The maximum absolute atomic E-state index is 11.4. The lowest BCUT2D eigenvalue weighted by molar-refractivity contribution is 0.102. The monoisotopic (exact) mass is 220 g/mol. The van der Waals surface area contributed by atoms with E-state index in [4.69, 9.17) is 4.74 Å². The van der Waals surface area contributed by atoms with Gasteiger partial charge in [-0.25, -0.2) is 0 Å². The van der Waals surface area contributed by atoms with Gasteiger partial charge in [-0.05, 0) is 43.0 Å². The van der Waals surface area contributed by atoms with Crippen molar-refractivity contribution in [3.8, 4) is 5.75 Å². The number of ketones is 1. The third kappa shape index (κ3) is 1.63. The van der Waals surface area contributed by atoms with Gasteiger partial charge in [0.25, 0.3) is 0 Å². The zero-order chi connectivity index (χ0) is 11.0. The topological polar surface area (TPSA) is 26.3 Å². The molecule has 0 radical (unpaired) electrons. The lowest BCUT2D eigenvalue weighted by Gasteiger charge is -1.98. The van der Waals surface area contributed by atoms with Crippen LogP contribution in [0.4, 0.5) is 0 Å². The van der Waals surface area contributed by atoms with Gasteiger partial charge in [0.05, 0.1) is 12.0 Å². The van der Waals surface area contributed by atoms with Crippen molar-refractivity contribution in [2.45, 2.75) is 13.8 Å². The van der Waals surface area contributed by atoms with Gasteiger partial charge in [-0.3, -0.25) is 4.79 Å². The van der Waals surface area contributed by atoms with Crippen LogP contribution in [0.25, 0.3) is 10.1 Å². The summed E-state index contributed by atoms with van der Waals surface area (Å²) in [4.78, 5) is 12.2. The van der Waals surface area contributed by atoms with Gasteiger partial charge in [-0.2, -0.15) is 0 Å². The molecule has 0 amide bonds. The van der Waals surface area contributed by atoms with E-state index in [0.29, 0.717) is 0 Å². The Morgan fingerprint density at radius 2 is 2.13 bits per heavy atom. The molecule has 0 saturated heterocycles. The van der Waals surface area contributed by atoms with E-state index in [1.54, 1.807) is 14.0 Å². The lowest BCUT2D eigenvalue weighted by Crippen LogP contribution is -1.88. The fourth-order valence-corrected chi connectivity index (χ4v) is 2.80. The molecule has 1 aromatic carbocycles. The van der Waals surface area contributed by atoms with Crippen LogP contribution in [0.1, 0.15) is 22.2 Å². The van der Waals surface area contributed by atoms with Crippen LogP contribution in [0.15, 0.2) is 18.2 Å². The van der Waals surface area contributed by atoms with E-state index in [1.165, 1.54) is 11.3 Å². The van der Waals surface area contributed by atoms with E-state index < -0.39 is 0 Å². The van der Waals surface area contributed by atoms with Gasteiger partial charge >= 0.3 is 0 Å². The highest BCUT2D eigenvalue weighted by Crippen LogP contribution is 2.33. The smallest absolute Gasteiger partial charge is 0.170 e. The van der Waals surface area contributed by atoms with Gasteiger partial charge < -0.3 is 4.74 Å². The van der Waals surface area contributed by atoms with Crippen LogP contribution in [0, 0.1) is 6.92 Å². The van der Waals surface area contributed by atoms with Gasteiger partial charge in [0.2, 0.25) is 0 Å². The molecule has 0 spiro atoms. The standard InChI is InChI=1S/C12H12O2S/c1-7-10-5-4-9(14-3)6-11(10)15-12(7)8(2)13/h4-6H,1-3H3. The summed E-state index contributed by atoms with van der Waals surface area (Å²) in [6.07, 6.45) is 0. The zero-order valence-electron chi connectivity index (χ0n) is 8.96. The van der Waals surface area contributed by atoms with Crippen LogP contribution in [0.5, 0.6) is 5.75 Å². The Bertz CT molecular complexity index is 526. The average molecular weight is 220 g/mol. The van der Waals surface area contributed by atoms with E-state index in [1.807, 2.05) is 25.1 Å². The molecule has 0 atom stereocenters. The summed E-state index contributed by atoms with van der Waals surface area (Å²) in [6.45, 7) is 3.59.